The highest BCUT2D eigenvalue weighted by atomic mass is 16.5. The smallest absolute Gasteiger partial charge is 0.191 e. The third kappa shape index (κ3) is 6.06. The zero-order valence-electron chi connectivity index (χ0n) is 14.7. The van der Waals surface area contributed by atoms with Crippen molar-refractivity contribution < 1.29 is 4.74 Å². The van der Waals surface area contributed by atoms with Gasteiger partial charge in [0.2, 0.25) is 0 Å². The first kappa shape index (κ1) is 18.5. The summed E-state index contributed by atoms with van der Waals surface area (Å²) in [5.41, 5.74) is 2.75. The molecule has 1 aromatic rings. The summed E-state index contributed by atoms with van der Waals surface area (Å²) < 4.78 is 5.33. The minimum Gasteiger partial charge on any atom is -0.382 e. The van der Waals surface area contributed by atoms with Gasteiger partial charge >= 0.3 is 0 Å². The Hall–Kier alpha value is -1.55. The number of hydrogen-bond acceptors (Lipinski definition) is 2. The van der Waals surface area contributed by atoms with Gasteiger partial charge in [-0.25, -0.2) is 0 Å². The van der Waals surface area contributed by atoms with E-state index in [1.807, 2.05) is 6.92 Å². The van der Waals surface area contributed by atoms with Crippen LogP contribution in [-0.2, 0) is 10.2 Å². The molecule has 0 aliphatic rings. The minimum atomic E-state index is 0.0499. The highest BCUT2D eigenvalue weighted by Gasteiger charge is 2.22. The Bertz CT molecular complexity index is 469. The number of ether oxygens (including phenoxy) is 1. The van der Waals surface area contributed by atoms with Crippen molar-refractivity contribution in [2.75, 3.05) is 33.4 Å². The molecule has 124 valence electrons. The van der Waals surface area contributed by atoms with Crippen LogP contribution in [-0.4, -0.2) is 39.3 Å². The highest BCUT2D eigenvalue weighted by Crippen LogP contribution is 2.25. The minimum absolute atomic E-state index is 0.0499. The SMILES string of the molecule is CCOCCCNC(=NC)NCC(C)(C)c1ccccc1C. The van der Waals surface area contributed by atoms with E-state index in [1.165, 1.54) is 11.1 Å². The predicted molar refractivity (Wildman–Crippen MR) is 94.7 cm³/mol. The number of hydrogen-bond donors (Lipinski definition) is 2. The van der Waals surface area contributed by atoms with E-state index >= 15 is 0 Å². The van der Waals surface area contributed by atoms with Crippen LogP contribution in [0.4, 0.5) is 0 Å². The Morgan fingerprint density at radius 1 is 1.23 bits per heavy atom. The van der Waals surface area contributed by atoms with Gasteiger partial charge in [0.25, 0.3) is 0 Å². The van der Waals surface area contributed by atoms with Gasteiger partial charge in [0.1, 0.15) is 0 Å². The van der Waals surface area contributed by atoms with Gasteiger partial charge < -0.3 is 15.4 Å². The molecule has 0 amide bonds. The standard InChI is InChI=1S/C18H31N3O/c1-6-22-13-9-12-20-17(19-5)21-14-18(3,4)16-11-8-7-10-15(16)2/h7-8,10-11H,6,9,12-14H2,1-5H3,(H2,19,20,21). The molecule has 0 atom stereocenters. The van der Waals surface area contributed by atoms with Crippen molar-refractivity contribution in [1.82, 2.24) is 10.6 Å². The van der Waals surface area contributed by atoms with Crippen LogP contribution in [0, 0.1) is 6.92 Å². The van der Waals surface area contributed by atoms with Crippen molar-refractivity contribution in [2.45, 2.75) is 39.5 Å². The first-order valence-electron chi connectivity index (χ1n) is 8.09. The Labute approximate surface area is 135 Å². The number of aryl methyl sites for hydroxylation is 1. The van der Waals surface area contributed by atoms with Gasteiger partial charge in [-0.3, -0.25) is 4.99 Å². The van der Waals surface area contributed by atoms with Crippen LogP contribution in [0.3, 0.4) is 0 Å². The summed E-state index contributed by atoms with van der Waals surface area (Å²) in [6.07, 6.45) is 0.982. The average molecular weight is 305 g/mol. The summed E-state index contributed by atoms with van der Waals surface area (Å²) in [7, 11) is 1.80. The number of guanidine groups is 1. The molecule has 0 saturated heterocycles. The van der Waals surface area contributed by atoms with Crippen LogP contribution in [0.2, 0.25) is 0 Å². The molecule has 1 rings (SSSR count). The van der Waals surface area contributed by atoms with Gasteiger partial charge in [0.05, 0.1) is 0 Å². The van der Waals surface area contributed by atoms with E-state index in [-0.39, 0.29) is 5.41 Å². The fraction of sp³-hybridized carbons (Fsp3) is 0.611. The lowest BCUT2D eigenvalue weighted by Gasteiger charge is -2.28. The van der Waals surface area contributed by atoms with Gasteiger partial charge in [-0.15, -0.1) is 0 Å². The van der Waals surface area contributed by atoms with Crippen LogP contribution in [0.5, 0.6) is 0 Å². The molecule has 0 aliphatic heterocycles. The summed E-state index contributed by atoms with van der Waals surface area (Å²) >= 11 is 0. The monoisotopic (exact) mass is 305 g/mol. The van der Waals surface area contributed by atoms with Gasteiger partial charge in [-0.2, -0.15) is 0 Å². The second kappa shape index (κ2) is 9.46. The first-order valence-corrected chi connectivity index (χ1v) is 8.09. The van der Waals surface area contributed by atoms with Gasteiger partial charge in [-0.05, 0) is 31.4 Å². The molecule has 0 bridgehead atoms. The molecule has 4 heteroatoms. The molecule has 0 aromatic heterocycles. The summed E-state index contributed by atoms with van der Waals surface area (Å²) in [6.45, 7) is 12.0. The van der Waals surface area contributed by atoms with E-state index in [9.17, 15) is 0 Å². The summed E-state index contributed by atoms with van der Waals surface area (Å²) in [4.78, 5) is 4.28. The maximum atomic E-state index is 5.33. The molecule has 0 unspecified atom stereocenters. The maximum absolute atomic E-state index is 5.33. The molecule has 0 radical (unpaired) electrons. The van der Waals surface area contributed by atoms with Crippen molar-refractivity contribution in [3.05, 3.63) is 35.4 Å². The van der Waals surface area contributed by atoms with Gasteiger partial charge in [0, 0.05) is 38.8 Å². The lowest BCUT2D eigenvalue weighted by molar-refractivity contribution is 0.145. The summed E-state index contributed by atoms with van der Waals surface area (Å²) in [5, 5.41) is 6.75. The lowest BCUT2D eigenvalue weighted by Crippen LogP contribution is -2.44. The Morgan fingerprint density at radius 3 is 2.59 bits per heavy atom. The third-order valence-corrected chi connectivity index (χ3v) is 3.76. The average Bonchev–Trinajstić information content (AvgIpc) is 2.50. The summed E-state index contributed by atoms with van der Waals surface area (Å²) in [6, 6.07) is 8.55. The Kier molecular flexibility index (Phi) is 7.96. The van der Waals surface area contributed by atoms with Crippen molar-refractivity contribution in [3.63, 3.8) is 0 Å². The largest absolute Gasteiger partial charge is 0.382 e. The molecular formula is C18H31N3O. The van der Waals surface area contributed by atoms with Crippen LogP contribution >= 0.6 is 0 Å². The van der Waals surface area contributed by atoms with E-state index in [0.717, 1.165) is 38.7 Å². The molecule has 0 spiro atoms. The molecule has 0 heterocycles. The van der Waals surface area contributed by atoms with E-state index in [1.54, 1.807) is 7.05 Å². The zero-order chi connectivity index (χ0) is 16.4. The van der Waals surface area contributed by atoms with E-state index in [2.05, 4.69) is 60.7 Å². The third-order valence-electron chi connectivity index (χ3n) is 3.76. The van der Waals surface area contributed by atoms with Gasteiger partial charge in [0.15, 0.2) is 5.96 Å². The van der Waals surface area contributed by atoms with Crippen molar-refractivity contribution in [3.8, 4) is 0 Å². The number of aliphatic imine (C=N–C) groups is 1. The second-order valence-corrected chi connectivity index (χ2v) is 6.10. The maximum Gasteiger partial charge on any atom is 0.191 e. The number of nitrogens with one attached hydrogen (secondary N) is 2. The zero-order valence-corrected chi connectivity index (χ0v) is 14.7. The second-order valence-electron chi connectivity index (χ2n) is 6.10. The van der Waals surface area contributed by atoms with Crippen molar-refractivity contribution in [2.24, 2.45) is 4.99 Å². The van der Waals surface area contributed by atoms with E-state index < -0.39 is 0 Å². The fourth-order valence-corrected chi connectivity index (χ4v) is 2.48. The Balaban J connectivity index is 2.47. The number of benzene rings is 1. The lowest BCUT2D eigenvalue weighted by atomic mass is 9.82. The quantitative estimate of drug-likeness (QED) is 0.441. The fourth-order valence-electron chi connectivity index (χ4n) is 2.48. The molecule has 0 saturated carbocycles. The highest BCUT2D eigenvalue weighted by molar-refractivity contribution is 5.79. The normalized spacial score (nSPS) is 12.3. The number of rotatable bonds is 8. The first-order chi connectivity index (χ1) is 10.5. The van der Waals surface area contributed by atoms with Crippen LogP contribution in [0.15, 0.2) is 29.3 Å². The summed E-state index contributed by atoms with van der Waals surface area (Å²) in [5.74, 6) is 0.846. The molecular weight excluding hydrogens is 274 g/mol. The molecule has 0 aliphatic carbocycles. The van der Waals surface area contributed by atoms with Crippen LogP contribution < -0.4 is 10.6 Å². The van der Waals surface area contributed by atoms with E-state index in [0.29, 0.717) is 0 Å². The van der Waals surface area contributed by atoms with Crippen LogP contribution in [0.25, 0.3) is 0 Å². The Morgan fingerprint density at radius 2 is 1.95 bits per heavy atom. The van der Waals surface area contributed by atoms with Crippen molar-refractivity contribution >= 4 is 5.96 Å². The number of nitrogens with zero attached hydrogens (tertiary/aromatic N) is 1. The van der Waals surface area contributed by atoms with Crippen LogP contribution in [0.1, 0.15) is 38.3 Å². The topological polar surface area (TPSA) is 45.6 Å². The molecule has 0 fully saturated rings. The van der Waals surface area contributed by atoms with Crippen molar-refractivity contribution in [1.29, 1.82) is 0 Å². The predicted octanol–water partition coefficient (Wildman–Crippen LogP) is 2.86. The molecule has 22 heavy (non-hydrogen) atoms. The molecule has 1 aromatic carbocycles. The molecule has 2 N–H and O–H groups in total. The van der Waals surface area contributed by atoms with Gasteiger partial charge in [-0.1, -0.05) is 38.1 Å². The van der Waals surface area contributed by atoms with E-state index in [4.69, 9.17) is 4.74 Å². The molecule has 4 nitrogen and oxygen atoms in total.